The molecule has 1 fully saturated rings. The maximum absolute atomic E-state index is 8.90. The zero-order valence-corrected chi connectivity index (χ0v) is 12.6. The number of benzene rings is 1. The summed E-state index contributed by atoms with van der Waals surface area (Å²) in [5.41, 5.74) is 7.72. The van der Waals surface area contributed by atoms with Gasteiger partial charge in [0.05, 0.1) is 0 Å². The van der Waals surface area contributed by atoms with Crippen molar-refractivity contribution in [1.82, 2.24) is 4.90 Å². The third-order valence-electron chi connectivity index (χ3n) is 4.49. The Labute approximate surface area is 121 Å². The van der Waals surface area contributed by atoms with E-state index in [1.54, 1.807) is 0 Å². The molecule has 1 saturated heterocycles. The van der Waals surface area contributed by atoms with Gasteiger partial charge in [0.25, 0.3) is 0 Å². The molecule has 0 radical (unpaired) electrons. The van der Waals surface area contributed by atoms with E-state index in [-0.39, 0.29) is 5.84 Å². The first kappa shape index (κ1) is 14.9. The average Bonchev–Trinajstić information content (AvgIpc) is 2.44. The van der Waals surface area contributed by atoms with Crippen molar-refractivity contribution in [2.75, 3.05) is 6.54 Å². The monoisotopic (exact) mass is 275 g/mol. The van der Waals surface area contributed by atoms with Crippen LogP contribution in [0.5, 0.6) is 0 Å². The normalized spacial score (nSPS) is 28.6. The molecule has 4 heteroatoms. The Morgan fingerprint density at radius 1 is 1.35 bits per heavy atom. The number of amidine groups is 1. The van der Waals surface area contributed by atoms with Gasteiger partial charge in [-0.05, 0) is 30.7 Å². The zero-order chi connectivity index (χ0) is 14.7. The summed E-state index contributed by atoms with van der Waals surface area (Å²) in [6.07, 6.45) is 1.29. The Morgan fingerprint density at radius 3 is 2.75 bits per heavy atom. The maximum Gasteiger partial charge on any atom is 0.170 e. The van der Waals surface area contributed by atoms with E-state index in [4.69, 9.17) is 10.9 Å². The van der Waals surface area contributed by atoms with Crippen molar-refractivity contribution in [3.8, 4) is 0 Å². The van der Waals surface area contributed by atoms with E-state index in [9.17, 15) is 0 Å². The number of piperidine rings is 1. The van der Waals surface area contributed by atoms with Crippen LogP contribution in [0.4, 0.5) is 0 Å². The summed E-state index contributed by atoms with van der Waals surface area (Å²) in [5, 5.41) is 12.0. The van der Waals surface area contributed by atoms with Crippen molar-refractivity contribution in [3.63, 3.8) is 0 Å². The molecule has 2 rings (SSSR count). The summed E-state index contributed by atoms with van der Waals surface area (Å²) in [6, 6.07) is 8.45. The van der Waals surface area contributed by atoms with Crippen molar-refractivity contribution in [3.05, 3.63) is 35.4 Å². The summed E-state index contributed by atoms with van der Waals surface area (Å²) in [7, 11) is 0. The van der Waals surface area contributed by atoms with Gasteiger partial charge in [0.15, 0.2) is 5.84 Å². The van der Waals surface area contributed by atoms with Crippen molar-refractivity contribution in [2.24, 2.45) is 22.7 Å². The van der Waals surface area contributed by atoms with E-state index in [0.717, 1.165) is 30.1 Å². The van der Waals surface area contributed by atoms with Gasteiger partial charge in [-0.25, -0.2) is 0 Å². The van der Waals surface area contributed by atoms with E-state index in [0.29, 0.717) is 12.0 Å². The van der Waals surface area contributed by atoms with E-state index < -0.39 is 0 Å². The molecule has 1 aromatic carbocycles. The van der Waals surface area contributed by atoms with E-state index >= 15 is 0 Å². The van der Waals surface area contributed by atoms with Crippen LogP contribution in [-0.2, 0) is 6.54 Å². The quantitative estimate of drug-likeness (QED) is 0.386. The number of nitrogens with two attached hydrogens (primary N) is 1. The molecular weight excluding hydrogens is 250 g/mol. The highest BCUT2D eigenvalue weighted by Crippen LogP contribution is 2.28. The second kappa shape index (κ2) is 6.27. The number of rotatable bonds is 3. The third-order valence-corrected chi connectivity index (χ3v) is 4.49. The van der Waals surface area contributed by atoms with Gasteiger partial charge in [-0.1, -0.05) is 43.3 Å². The molecule has 0 aliphatic carbocycles. The van der Waals surface area contributed by atoms with Crippen LogP contribution in [0.3, 0.4) is 0 Å². The molecule has 0 aromatic heterocycles. The van der Waals surface area contributed by atoms with Gasteiger partial charge < -0.3 is 10.9 Å². The first-order valence-corrected chi connectivity index (χ1v) is 7.32. The standard InChI is InChI=1S/C16H25N3O/c1-11-8-12(2)13(3)19(9-11)10-14-6-4-5-7-15(14)16(17)18-20/h4-7,11-13,20H,8-10H2,1-3H3,(H2,17,18). The van der Waals surface area contributed by atoms with Crippen LogP contribution in [-0.4, -0.2) is 28.5 Å². The summed E-state index contributed by atoms with van der Waals surface area (Å²) in [6.45, 7) is 8.88. The van der Waals surface area contributed by atoms with Crippen molar-refractivity contribution in [2.45, 2.75) is 39.8 Å². The minimum atomic E-state index is 0.186. The second-order valence-electron chi connectivity index (χ2n) is 6.13. The Hall–Kier alpha value is -1.55. The van der Waals surface area contributed by atoms with Gasteiger partial charge >= 0.3 is 0 Å². The summed E-state index contributed by atoms with van der Waals surface area (Å²) in [4.78, 5) is 2.50. The van der Waals surface area contributed by atoms with Crippen LogP contribution in [0, 0.1) is 11.8 Å². The highest BCUT2D eigenvalue weighted by molar-refractivity contribution is 5.98. The van der Waals surface area contributed by atoms with Gasteiger partial charge in [0.1, 0.15) is 0 Å². The lowest BCUT2D eigenvalue weighted by Gasteiger charge is -2.41. The van der Waals surface area contributed by atoms with E-state index in [2.05, 4.69) is 36.9 Å². The first-order valence-electron chi connectivity index (χ1n) is 7.32. The van der Waals surface area contributed by atoms with Crippen LogP contribution in [0.1, 0.15) is 38.3 Å². The predicted molar refractivity (Wildman–Crippen MR) is 81.8 cm³/mol. The molecule has 0 saturated carbocycles. The molecule has 1 aromatic rings. The molecule has 0 bridgehead atoms. The third kappa shape index (κ3) is 3.12. The number of oxime groups is 1. The van der Waals surface area contributed by atoms with Gasteiger partial charge in [0.2, 0.25) is 0 Å². The van der Waals surface area contributed by atoms with Crippen LogP contribution in [0.15, 0.2) is 29.4 Å². The fourth-order valence-corrected chi connectivity index (χ4v) is 3.22. The minimum absolute atomic E-state index is 0.186. The van der Waals surface area contributed by atoms with Crippen LogP contribution >= 0.6 is 0 Å². The molecule has 3 unspecified atom stereocenters. The summed E-state index contributed by atoms with van der Waals surface area (Å²) >= 11 is 0. The smallest absolute Gasteiger partial charge is 0.170 e. The van der Waals surface area contributed by atoms with Gasteiger partial charge in [-0.3, -0.25) is 4.90 Å². The van der Waals surface area contributed by atoms with Crippen LogP contribution in [0.2, 0.25) is 0 Å². The summed E-state index contributed by atoms with van der Waals surface area (Å²) in [5.74, 6) is 1.61. The number of nitrogens with zero attached hydrogens (tertiary/aromatic N) is 2. The molecular formula is C16H25N3O. The van der Waals surface area contributed by atoms with Gasteiger partial charge in [0, 0.05) is 24.7 Å². The van der Waals surface area contributed by atoms with Crippen molar-refractivity contribution < 1.29 is 5.21 Å². The number of hydrogen-bond acceptors (Lipinski definition) is 3. The molecule has 1 aliphatic heterocycles. The molecule has 4 nitrogen and oxygen atoms in total. The molecule has 0 amide bonds. The van der Waals surface area contributed by atoms with Crippen molar-refractivity contribution >= 4 is 5.84 Å². The molecule has 1 heterocycles. The predicted octanol–water partition coefficient (Wildman–Crippen LogP) is 2.65. The highest BCUT2D eigenvalue weighted by atomic mass is 16.4. The lowest BCUT2D eigenvalue weighted by molar-refractivity contribution is 0.0729. The van der Waals surface area contributed by atoms with Crippen LogP contribution in [0.25, 0.3) is 0 Å². The van der Waals surface area contributed by atoms with E-state index in [1.165, 1.54) is 6.42 Å². The lowest BCUT2D eigenvalue weighted by Crippen LogP contribution is -2.45. The maximum atomic E-state index is 8.90. The molecule has 3 atom stereocenters. The Kier molecular flexibility index (Phi) is 4.65. The first-order chi connectivity index (χ1) is 9.52. The molecule has 1 aliphatic rings. The Balaban J connectivity index is 2.21. The second-order valence-corrected chi connectivity index (χ2v) is 6.13. The van der Waals surface area contributed by atoms with Crippen molar-refractivity contribution in [1.29, 1.82) is 0 Å². The zero-order valence-electron chi connectivity index (χ0n) is 12.6. The summed E-state index contributed by atoms with van der Waals surface area (Å²) < 4.78 is 0. The molecule has 110 valence electrons. The van der Waals surface area contributed by atoms with E-state index in [1.807, 2.05) is 18.2 Å². The lowest BCUT2D eigenvalue weighted by atomic mass is 9.85. The highest BCUT2D eigenvalue weighted by Gasteiger charge is 2.29. The fraction of sp³-hybridized carbons (Fsp3) is 0.562. The average molecular weight is 275 g/mol. The Bertz CT molecular complexity index is 486. The molecule has 0 spiro atoms. The number of likely N-dealkylation sites (tertiary alicyclic amines) is 1. The molecule has 20 heavy (non-hydrogen) atoms. The Morgan fingerprint density at radius 2 is 2.05 bits per heavy atom. The topological polar surface area (TPSA) is 61.8 Å². The molecule has 3 N–H and O–H groups in total. The van der Waals surface area contributed by atoms with Gasteiger partial charge in [-0.15, -0.1) is 0 Å². The van der Waals surface area contributed by atoms with Gasteiger partial charge in [-0.2, -0.15) is 0 Å². The fourth-order valence-electron chi connectivity index (χ4n) is 3.22. The van der Waals surface area contributed by atoms with Crippen LogP contribution < -0.4 is 5.73 Å². The number of hydrogen-bond donors (Lipinski definition) is 2. The largest absolute Gasteiger partial charge is 0.409 e. The SMILES string of the molecule is CC1CC(C)C(C)N(Cc2ccccc2/C(N)=N/O)C1. The minimum Gasteiger partial charge on any atom is -0.409 e.